The first kappa shape index (κ1) is 27.6. The quantitative estimate of drug-likeness (QED) is 0.145. The zero-order valence-electron chi connectivity index (χ0n) is 16.2. The van der Waals surface area contributed by atoms with Crippen molar-refractivity contribution in [1.82, 2.24) is 0 Å². The summed E-state index contributed by atoms with van der Waals surface area (Å²) in [6.45, 7) is 0. The van der Waals surface area contributed by atoms with E-state index in [1.165, 1.54) is 21.5 Å². The first-order valence-electron chi connectivity index (χ1n) is 8.43. The minimum absolute atomic E-state index is 0. The molecule has 5 aromatic rings. The summed E-state index contributed by atoms with van der Waals surface area (Å²) in [7, 11) is 9.87. The molecule has 5 aromatic carbocycles. The number of hydrogen-bond donors (Lipinski definition) is 0. The van der Waals surface area contributed by atoms with Gasteiger partial charge in [-0.1, -0.05) is 12.1 Å². The molecule has 0 aromatic heterocycles. The van der Waals surface area contributed by atoms with Gasteiger partial charge in [-0.15, -0.1) is 59.3 Å². The molecule has 0 aliphatic heterocycles. The second kappa shape index (κ2) is 17.4. The molecule has 29 heavy (non-hydrogen) atoms. The zero-order valence-corrected chi connectivity index (χ0v) is 21.2. The Balaban J connectivity index is 0.000000375. The molecule has 0 spiro atoms. The number of rotatable bonds is 0. The van der Waals surface area contributed by atoms with Gasteiger partial charge in [0.2, 0.25) is 0 Å². The molecule has 0 saturated carbocycles. The topological polar surface area (TPSA) is 0 Å². The Labute approximate surface area is 197 Å². The Kier molecular flexibility index (Phi) is 16.6. The van der Waals surface area contributed by atoms with Crippen LogP contribution in [0.15, 0.2) is 115 Å². The van der Waals surface area contributed by atoms with E-state index in [1.54, 1.807) is 0 Å². The maximum Gasteiger partial charge on any atom is 0 e. The van der Waals surface area contributed by atoms with Gasteiger partial charge in [-0.25, -0.2) is 0 Å². The Morgan fingerprint density at radius 3 is 1.34 bits per heavy atom. The van der Waals surface area contributed by atoms with Crippen molar-refractivity contribution in [2.75, 3.05) is 0 Å². The van der Waals surface area contributed by atoms with E-state index in [9.17, 15) is 0 Å². The summed E-state index contributed by atoms with van der Waals surface area (Å²) in [4.78, 5) is 0. The number of hydrogen-bond acceptors (Lipinski definition) is 0. The molecule has 0 unspecified atom stereocenters. The van der Waals surface area contributed by atoms with Crippen molar-refractivity contribution in [2.45, 2.75) is 0 Å². The van der Waals surface area contributed by atoms with Crippen LogP contribution in [-0.4, -0.2) is 11.0 Å². The maximum atomic E-state index is 4.93. The van der Waals surface area contributed by atoms with Gasteiger partial charge >= 0.3 is 37.9 Å². The second-order valence-electron chi connectivity index (χ2n) is 5.46. The normalized spacial score (nSPS) is 8.48. The van der Waals surface area contributed by atoms with E-state index in [0.29, 0.717) is 0 Å². The number of fused-ring (bicyclic) bond motifs is 2. The average molecular weight is 513 g/mol. The van der Waals surface area contributed by atoms with Crippen LogP contribution in [0, 0.1) is 13.5 Å². The number of benzene rings is 3. The molecule has 0 amide bonds. The van der Waals surface area contributed by atoms with Gasteiger partial charge < -0.3 is 7.43 Å². The summed E-state index contributed by atoms with van der Waals surface area (Å²) >= 11 is -0.826. The summed E-state index contributed by atoms with van der Waals surface area (Å²) in [5.41, 5.74) is 0. The zero-order chi connectivity index (χ0) is 19.2. The van der Waals surface area contributed by atoms with Gasteiger partial charge in [0.05, 0.1) is 0 Å². The Morgan fingerprint density at radius 2 is 1.03 bits per heavy atom. The standard InChI is InChI=1S/2C9H7.C6H5.CH3.2ClH.Si.Zr/c2*1-2-5-9-7-3-6-8(9)4-1;1-2-4-6-5-3-1;;;;;/h2*1-7H;1-5H;1H3;2*1H;;/q4*-1;;;;+2/p-2. The van der Waals surface area contributed by atoms with Gasteiger partial charge in [0.15, 0.2) is 0 Å². The molecule has 0 nitrogen and oxygen atoms in total. The van der Waals surface area contributed by atoms with E-state index >= 15 is 0 Å². The van der Waals surface area contributed by atoms with Crippen LogP contribution in [0.1, 0.15) is 0 Å². The van der Waals surface area contributed by atoms with Crippen LogP contribution in [0.2, 0.25) is 0 Å². The van der Waals surface area contributed by atoms with Crippen molar-refractivity contribution in [3.05, 3.63) is 129 Å². The fourth-order valence-electron chi connectivity index (χ4n) is 2.48. The van der Waals surface area contributed by atoms with Crippen molar-refractivity contribution in [2.24, 2.45) is 0 Å². The molecule has 4 radical (unpaired) electrons. The molecule has 0 aliphatic rings. The van der Waals surface area contributed by atoms with Crippen LogP contribution in [-0.2, 0) is 20.8 Å². The molecule has 0 saturated heterocycles. The fraction of sp³-hybridized carbons (Fsp3) is 0. The van der Waals surface area contributed by atoms with Crippen molar-refractivity contribution in [3.8, 4) is 0 Å². The van der Waals surface area contributed by atoms with Gasteiger partial charge in [-0.2, -0.15) is 71.4 Å². The summed E-state index contributed by atoms with van der Waals surface area (Å²) in [6, 6.07) is 41.8. The molecule has 0 atom stereocenters. The van der Waals surface area contributed by atoms with Gasteiger partial charge in [0.25, 0.3) is 0 Å². The maximum absolute atomic E-state index is 4.93. The summed E-state index contributed by atoms with van der Waals surface area (Å²) in [6.07, 6.45) is 0. The van der Waals surface area contributed by atoms with Crippen LogP contribution in [0.5, 0.6) is 0 Å². The molecule has 148 valence electrons. The molecule has 0 aliphatic carbocycles. The predicted molar refractivity (Wildman–Crippen MR) is 128 cm³/mol. The summed E-state index contributed by atoms with van der Waals surface area (Å²) in [5, 5.41) is 5.32. The predicted octanol–water partition coefficient (Wildman–Crippen LogP) is 8.05. The molecular weight excluding hydrogens is 490 g/mol. The van der Waals surface area contributed by atoms with Crippen LogP contribution < -0.4 is 0 Å². The average Bonchev–Trinajstić information content (AvgIpc) is 3.40. The summed E-state index contributed by atoms with van der Waals surface area (Å²) < 4.78 is 0. The third kappa shape index (κ3) is 10.8. The SMILES string of the molecule is [CH3-].[Cl][Zr][Cl].[Si].[c-]1ccccc1.c1ccc2[cH-]ccc2c1.c1ccc2[cH-]ccc2c1. The monoisotopic (exact) mass is 510 g/mol. The van der Waals surface area contributed by atoms with E-state index in [0.717, 1.165) is 0 Å². The van der Waals surface area contributed by atoms with E-state index < -0.39 is 20.8 Å². The summed E-state index contributed by atoms with van der Waals surface area (Å²) in [5.74, 6) is 0. The van der Waals surface area contributed by atoms with Gasteiger partial charge in [-0.05, 0) is 0 Å². The molecule has 0 N–H and O–H groups in total. The van der Waals surface area contributed by atoms with Gasteiger partial charge in [-0.3, -0.25) is 0 Å². The Hall–Kier alpha value is -1.44. The minimum atomic E-state index is -0.826. The van der Waals surface area contributed by atoms with Crippen molar-refractivity contribution < 1.29 is 20.8 Å². The van der Waals surface area contributed by atoms with Gasteiger partial charge in [0, 0.05) is 11.0 Å². The van der Waals surface area contributed by atoms with Crippen molar-refractivity contribution in [3.63, 3.8) is 0 Å². The van der Waals surface area contributed by atoms with Crippen LogP contribution in [0.25, 0.3) is 21.5 Å². The molecule has 0 bridgehead atoms. The molecule has 0 heterocycles. The second-order valence-corrected chi connectivity index (χ2v) is 9.19. The van der Waals surface area contributed by atoms with Crippen molar-refractivity contribution in [1.29, 1.82) is 0 Å². The van der Waals surface area contributed by atoms with E-state index in [1.807, 2.05) is 30.3 Å². The van der Waals surface area contributed by atoms with E-state index in [4.69, 9.17) is 17.0 Å². The molecule has 5 rings (SSSR count). The van der Waals surface area contributed by atoms with E-state index in [2.05, 4.69) is 91.0 Å². The van der Waals surface area contributed by atoms with Crippen LogP contribution >= 0.6 is 17.0 Å². The molecule has 4 heteroatoms. The first-order valence-corrected chi connectivity index (χ1v) is 14.8. The molecular formula is C25H22Cl2SiZr-4. The minimum Gasteiger partial charge on any atom is -0.184 e. The number of halogens is 2. The van der Waals surface area contributed by atoms with Crippen LogP contribution in [0.4, 0.5) is 0 Å². The van der Waals surface area contributed by atoms with E-state index in [-0.39, 0.29) is 18.4 Å². The Bertz CT molecular complexity index is 840. The van der Waals surface area contributed by atoms with Crippen molar-refractivity contribution >= 4 is 49.5 Å². The van der Waals surface area contributed by atoms with Gasteiger partial charge in [0.1, 0.15) is 0 Å². The Morgan fingerprint density at radius 1 is 0.621 bits per heavy atom. The largest absolute Gasteiger partial charge is 0.184 e. The first-order chi connectivity index (χ1) is 13.3. The smallest absolute Gasteiger partial charge is 0 e. The molecule has 0 fully saturated rings. The third-order valence-corrected chi connectivity index (χ3v) is 3.70. The fourth-order valence-corrected chi connectivity index (χ4v) is 2.48. The third-order valence-electron chi connectivity index (χ3n) is 3.70. The van der Waals surface area contributed by atoms with Crippen LogP contribution in [0.3, 0.4) is 0 Å².